The van der Waals surface area contributed by atoms with E-state index in [9.17, 15) is 9.59 Å². The van der Waals surface area contributed by atoms with Crippen LogP contribution in [0.5, 0.6) is 0 Å². The van der Waals surface area contributed by atoms with Crippen LogP contribution in [0.1, 0.15) is 12.6 Å². The number of amides is 2. The lowest BCUT2D eigenvalue weighted by Gasteiger charge is -2.04. The van der Waals surface area contributed by atoms with Gasteiger partial charge in [0.25, 0.3) is 0 Å². The smallest absolute Gasteiger partial charge is 0.237 e. The van der Waals surface area contributed by atoms with Crippen molar-refractivity contribution in [2.45, 2.75) is 18.7 Å². The molecule has 0 aliphatic rings. The van der Waals surface area contributed by atoms with Gasteiger partial charge in [0.1, 0.15) is 0 Å². The number of hydrogen-bond donors (Lipinski definition) is 2. The monoisotopic (exact) mass is 305 g/mol. The molecular weight excluding hydrogens is 290 g/mol. The normalized spacial score (nSPS) is 10.2. The van der Waals surface area contributed by atoms with Gasteiger partial charge in [-0.2, -0.15) is 0 Å². The van der Waals surface area contributed by atoms with Gasteiger partial charge in [0, 0.05) is 23.6 Å². The molecule has 7 heteroatoms. The summed E-state index contributed by atoms with van der Waals surface area (Å²) in [5.41, 5.74) is 1.44. The Labute approximate surface area is 126 Å². The highest BCUT2D eigenvalue weighted by Gasteiger charge is 2.07. The van der Waals surface area contributed by atoms with Gasteiger partial charge in [-0.15, -0.1) is 11.8 Å². The van der Waals surface area contributed by atoms with Crippen LogP contribution in [0.2, 0.25) is 0 Å². The number of nitrogens with zero attached hydrogens (tertiary/aromatic N) is 1. The first-order chi connectivity index (χ1) is 10.0. The van der Waals surface area contributed by atoms with Crippen LogP contribution in [0.3, 0.4) is 0 Å². The van der Waals surface area contributed by atoms with E-state index in [2.05, 4.69) is 15.8 Å². The maximum atomic E-state index is 11.7. The average Bonchev–Trinajstić information content (AvgIpc) is 2.83. The van der Waals surface area contributed by atoms with Crippen molar-refractivity contribution < 1.29 is 14.1 Å². The molecule has 0 aliphatic carbocycles. The maximum absolute atomic E-state index is 11.7. The fourth-order valence-electron chi connectivity index (χ4n) is 1.58. The zero-order chi connectivity index (χ0) is 15.2. The predicted molar refractivity (Wildman–Crippen MR) is 81.3 cm³/mol. The van der Waals surface area contributed by atoms with Gasteiger partial charge in [-0.3, -0.25) is 14.9 Å². The van der Waals surface area contributed by atoms with Crippen LogP contribution in [-0.2, 0) is 9.59 Å². The number of aryl methyl sites for hydroxylation is 1. The largest absolute Gasteiger partial charge is 0.338 e. The minimum Gasteiger partial charge on any atom is -0.338 e. The van der Waals surface area contributed by atoms with Gasteiger partial charge in [0.2, 0.25) is 17.7 Å². The van der Waals surface area contributed by atoms with Gasteiger partial charge in [-0.25, -0.2) is 0 Å². The number of anilines is 2. The molecule has 2 N–H and O–H groups in total. The quantitative estimate of drug-likeness (QED) is 0.830. The number of aromatic nitrogens is 1. The first-order valence-electron chi connectivity index (χ1n) is 6.26. The highest BCUT2D eigenvalue weighted by molar-refractivity contribution is 8.00. The molecule has 0 saturated heterocycles. The van der Waals surface area contributed by atoms with Gasteiger partial charge in [0.15, 0.2) is 0 Å². The number of benzene rings is 1. The first-order valence-corrected chi connectivity index (χ1v) is 7.25. The van der Waals surface area contributed by atoms with Crippen LogP contribution in [0.25, 0.3) is 0 Å². The number of rotatable bonds is 5. The van der Waals surface area contributed by atoms with E-state index < -0.39 is 0 Å². The SMILES string of the molecule is CC(=O)Nc1ccc(SCC(=O)Nc2cc(C)no2)cc1. The second-order valence-electron chi connectivity index (χ2n) is 4.37. The van der Waals surface area contributed by atoms with Crippen molar-refractivity contribution in [2.24, 2.45) is 0 Å². The van der Waals surface area contributed by atoms with Crippen molar-refractivity contribution in [3.63, 3.8) is 0 Å². The van der Waals surface area contributed by atoms with Crippen LogP contribution in [0.15, 0.2) is 39.8 Å². The third kappa shape index (κ3) is 4.96. The van der Waals surface area contributed by atoms with Crippen LogP contribution in [0, 0.1) is 6.92 Å². The number of carbonyl (C=O) groups is 2. The van der Waals surface area contributed by atoms with Gasteiger partial charge >= 0.3 is 0 Å². The number of thioether (sulfide) groups is 1. The minimum atomic E-state index is -0.165. The molecule has 0 bridgehead atoms. The lowest BCUT2D eigenvalue weighted by atomic mass is 10.3. The zero-order valence-corrected chi connectivity index (χ0v) is 12.5. The molecule has 0 fully saturated rings. The number of carbonyl (C=O) groups excluding carboxylic acids is 2. The summed E-state index contributed by atoms with van der Waals surface area (Å²) in [5.74, 6) is 0.331. The van der Waals surface area contributed by atoms with Crippen LogP contribution < -0.4 is 10.6 Å². The van der Waals surface area contributed by atoms with Crippen molar-refractivity contribution in [1.82, 2.24) is 5.16 Å². The molecule has 0 unspecified atom stereocenters. The molecule has 6 nitrogen and oxygen atoms in total. The third-order valence-electron chi connectivity index (χ3n) is 2.44. The van der Waals surface area contributed by atoms with E-state index in [1.54, 1.807) is 25.1 Å². The Kier molecular flexibility index (Phi) is 4.99. The lowest BCUT2D eigenvalue weighted by Crippen LogP contribution is -2.13. The standard InChI is InChI=1S/C14H15N3O3S/c1-9-7-14(20-17-9)16-13(19)8-21-12-5-3-11(4-6-12)15-10(2)18/h3-7H,8H2,1-2H3,(H,15,18)(H,16,19). The second-order valence-corrected chi connectivity index (χ2v) is 5.42. The highest BCUT2D eigenvalue weighted by Crippen LogP contribution is 2.20. The molecule has 0 radical (unpaired) electrons. The van der Waals surface area contributed by atoms with Gasteiger partial charge in [-0.05, 0) is 31.2 Å². The lowest BCUT2D eigenvalue weighted by molar-refractivity contribution is -0.114. The van der Waals surface area contributed by atoms with Crippen molar-refractivity contribution in [3.05, 3.63) is 36.0 Å². The molecular formula is C14H15N3O3S. The molecule has 21 heavy (non-hydrogen) atoms. The van der Waals surface area contributed by atoms with Gasteiger partial charge < -0.3 is 9.84 Å². The topological polar surface area (TPSA) is 84.2 Å². The summed E-state index contributed by atoms with van der Waals surface area (Å²) < 4.78 is 4.91. The first kappa shape index (κ1) is 15.1. The summed E-state index contributed by atoms with van der Waals surface area (Å²) in [6.45, 7) is 3.24. The predicted octanol–water partition coefficient (Wildman–Crippen LogP) is 2.67. The molecule has 1 aromatic carbocycles. The molecule has 0 aliphatic heterocycles. The Bertz CT molecular complexity index is 637. The molecule has 0 spiro atoms. The summed E-state index contributed by atoms with van der Waals surface area (Å²) in [5, 5.41) is 9.00. The van der Waals surface area contributed by atoms with E-state index in [1.807, 2.05) is 12.1 Å². The fraction of sp³-hybridized carbons (Fsp3) is 0.214. The van der Waals surface area contributed by atoms with Crippen molar-refractivity contribution in [3.8, 4) is 0 Å². The van der Waals surface area contributed by atoms with E-state index in [4.69, 9.17) is 4.52 Å². The Morgan fingerprint density at radius 1 is 1.24 bits per heavy atom. The van der Waals surface area contributed by atoms with E-state index in [0.29, 0.717) is 11.6 Å². The van der Waals surface area contributed by atoms with Crippen molar-refractivity contribution in [1.29, 1.82) is 0 Å². The number of hydrogen-bond acceptors (Lipinski definition) is 5. The Morgan fingerprint density at radius 3 is 2.52 bits per heavy atom. The molecule has 0 saturated carbocycles. The van der Waals surface area contributed by atoms with Crippen LogP contribution >= 0.6 is 11.8 Å². The molecule has 0 atom stereocenters. The van der Waals surface area contributed by atoms with E-state index in [-0.39, 0.29) is 17.6 Å². The fourth-order valence-corrected chi connectivity index (χ4v) is 2.28. The summed E-state index contributed by atoms with van der Waals surface area (Å²) >= 11 is 1.40. The summed E-state index contributed by atoms with van der Waals surface area (Å²) in [4.78, 5) is 23.6. The molecule has 2 rings (SSSR count). The zero-order valence-electron chi connectivity index (χ0n) is 11.7. The third-order valence-corrected chi connectivity index (χ3v) is 3.45. The molecule has 1 heterocycles. The second kappa shape index (κ2) is 6.94. The van der Waals surface area contributed by atoms with Crippen LogP contribution in [-0.4, -0.2) is 22.7 Å². The minimum absolute atomic E-state index is 0.114. The Balaban J connectivity index is 1.82. The summed E-state index contributed by atoms with van der Waals surface area (Å²) in [6, 6.07) is 8.94. The van der Waals surface area contributed by atoms with Gasteiger partial charge in [0.05, 0.1) is 11.4 Å². The Morgan fingerprint density at radius 2 is 1.95 bits per heavy atom. The summed E-state index contributed by atoms with van der Waals surface area (Å²) in [7, 11) is 0. The van der Waals surface area contributed by atoms with E-state index in [1.165, 1.54) is 18.7 Å². The average molecular weight is 305 g/mol. The van der Waals surface area contributed by atoms with E-state index >= 15 is 0 Å². The molecule has 2 amide bonds. The van der Waals surface area contributed by atoms with Crippen molar-refractivity contribution in [2.75, 3.05) is 16.4 Å². The molecule has 1 aromatic heterocycles. The van der Waals surface area contributed by atoms with Crippen LogP contribution in [0.4, 0.5) is 11.6 Å². The number of nitrogens with one attached hydrogen (secondary N) is 2. The highest BCUT2D eigenvalue weighted by atomic mass is 32.2. The van der Waals surface area contributed by atoms with E-state index in [0.717, 1.165) is 10.6 Å². The van der Waals surface area contributed by atoms with Gasteiger partial charge in [-0.1, -0.05) is 5.16 Å². The maximum Gasteiger partial charge on any atom is 0.237 e. The Hall–Kier alpha value is -2.28. The van der Waals surface area contributed by atoms with Crippen molar-refractivity contribution >= 4 is 35.1 Å². The molecule has 110 valence electrons. The molecule has 2 aromatic rings. The summed E-state index contributed by atoms with van der Waals surface area (Å²) in [6.07, 6.45) is 0.